The zero-order chi connectivity index (χ0) is 9.57. The van der Waals surface area contributed by atoms with Gasteiger partial charge in [-0.2, -0.15) is 0 Å². The van der Waals surface area contributed by atoms with E-state index in [1.807, 2.05) is 0 Å². The van der Waals surface area contributed by atoms with E-state index in [0.717, 1.165) is 0 Å². The maximum absolute atomic E-state index is 11.3. The lowest BCUT2D eigenvalue weighted by molar-refractivity contribution is -0.154. The molecule has 2 nitrogen and oxygen atoms in total. The minimum atomic E-state index is -0.832. The Hall–Kier alpha value is 0.0500. The van der Waals surface area contributed by atoms with Crippen LogP contribution in [0, 0.1) is 5.41 Å². The van der Waals surface area contributed by atoms with Crippen LogP contribution in [0.1, 0.15) is 27.2 Å². The first-order valence-corrected chi connectivity index (χ1v) is 4.58. The molecule has 0 saturated heterocycles. The Labute approximate surface area is 82.2 Å². The smallest absolute Gasteiger partial charge is 0.311 e. The van der Waals surface area contributed by atoms with Crippen LogP contribution in [0.15, 0.2) is 0 Å². The van der Waals surface area contributed by atoms with Gasteiger partial charge in [0.25, 0.3) is 0 Å². The van der Waals surface area contributed by atoms with Gasteiger partial charge in [-0.3, -0.25) is 4.79 Å². The highest BCUT2D eigenvalue weighted by atomic mass is 35.5. The average molecular weight is 211 g/mol. The van der Waals surface area contributed by atoms with E-state index in [-0.39, 0.29) is 12.1 Å². The molecule has 1 unspecified atom stereocenters. The van der Waals surface area contributed by atoms with Crippen molar-refractivity contribution in [2.75, 3.05) is 0 Å². The number of esters is 1. The van der Waals surface area contributed by atoms with Gasteiger partial charge in [0.2, 0.25) is 0 Å². The summed E-state index contributed by atoms with van der Waals surface area (Å²) in [7, 11) is 0. The van der Waals surface area contributed by atoms with Crippen molar-refractivity contribution < 1.29 is 9.53 Å². The zero-order valence-corrected chi connectivity index (χ0v) is 8.87. The maximum atomic E-state index is 11.3. The molecule has 0 N–H and O–H groups in total. The molecule has 4 heteroatoms. The van der Waals surface area contributed by atoms with Crippen molar-refractivity contribution in [2.24, 2.45) is 5.41 Å². The predicted molar refractivity (Wildman–Crippen MR) is 48.4 cm³/mol. The number of carbonyl (C=O) groups is 1. The van der Waals surface area contributed by atoms with Crippen molar-refractivity contribution in [3.8, 4) is 0 Å². The molecule has 1 aliphatic carbocycles. The second-order valence-electron chi connectivity index (χ2n) is 4.11. The largest absolute Gasteiger partial charge is 0.459 e. The van der Waals surface area contributed by atoms with Crippen molar-refractivity contribution in [2.45, 2.75) is 37.6 Å². The van der Waals surface area contributed by atoms with Crippen LogP contribution in [-0.4, -0.2) is 16.4 Å². The Balaban J connectivity index is 2.40. The van der Waals surface area contributed by atoms with E-state index < -0.39 is 9.75 Å². The Morgan fingerprint density at radius 3 is 2.17 bits per heavy atom. The zero-order valence-electron chi connectivity index (χ0n) is 7.36. The molecular formula is C8H12Cl2O2. The fourth-order valence-corrected chi connectivity index (χ4v) is 0.991. The van der Waals surface area contributed by atoms with E-state index in [0.29, 0.717) is 6.42 Å². The van der Waals surface area contributed by atoms with Gasteiger partial charge in [0.05, 0.1) is 5.41 Å². The Morgan fingerprint density at radius 2 is 1.92 bits per heavy atom. The number of ether oxygens (including phenoxy) is 1. The monoisotopic (exact) mass is 210 g/mol. The molecule has 1 fully saturated rings. The fourth-order valence-electron chi connectivity index (χ4n) is 0.622. The lowest BCUT2D eigenvalue weighted by atomic mass is 9.97. The first-order chi connectivity index (χ1) is 5.23. The van der Waals surface area contributed by atoms with E-state index in [2.05, 4.69) is 0 Å². The molecule has 0 aromatic carbocycles. The van der Waals surface area contributed by atoms with Crippen LogP contribution in [0.25, 0.3) is 0 Å². The van der Waals surface area contributed by atoms with Gasteiger partial charge in [-0.15, -0.1) is 0 Å². The van der Waals surface area contributed by atoms with Gasteiger partial charge in [0.15, 0.2) is 4.33 Å². The van der Waals surface area contributed by atoms with Crippen LogP contribution in [0.3, 0.4) is 0 Å². The summed E-state index contributed by atoms with van der Waals surface area (Å²) >= 11 is 11.4. The van der Waals surface area contributed by atoms with Gasteiger partial charge in [0, 0.05) is 6.42 Å². The summed E-state index contributed by atoms with van der Waals surface area (Å²) in [5, 5.41) is 0. The number of carbonyl (C=O) groups excluding carboxylic acids is 1. The summed E-state index contributed by atoms with van der Waals surface area (Å²) in [4.78, 5) is 11.3. The first-order valence-electron chi connectivity index (χ1n) is 3.82. The molecule has 0 radical (unpaired) electrons. The van der Waals surface area contributed by atoms with Crippen LogP contribution in [0.4, 0.5) is 0 Å². The Kier molecular flexibility index (Phi) is 2.34. The molecule has 0 aromatic heterocycles. The van der Waals surface area contributed by atoms with Gasteiger partial charge in [-0.25, -0.2) is 0 Å². The molecule has 70 valence electrons. The third-order valence-corrected chi connectivity index (χ3v) is 2.43. The summed E-state index contributed by atoms with van der Waals surface area (Å²) in [6.45, 7) is 5.38. The molecule has 0 spiro atoms. The molecule has 0 heterocycles. The molecular weight excluding hydrogens is 199 g/mol. The van der Waals surface area contributed by atoms with Crippen molar-refractivity contribution in [1.29, 1.82) is 0 Å². The molecule has 12 heavy (non-hydrogen) atoms. The normalized spacial score (nSPS) is 26.6. The van der Waals surface area contributed by atoms with Gasteiger partial charge in [-0.05, 0) is 20.8 Å². The highest BCUT2D eigenvalue weighted by Crippen LogP contribution is 2.49. The summed E-state index contributed by atoms with van der Waals surface area (Å²) in [5.74, 6) is -0.254. The second-order valence-corrected chi connectivity index (χ2v) is 5.65. The summed E-state index contributed by atoms with van der Waals surface area (Å²) in [6.07, 6.45) is 0.227. The predicted octanol–water partition coefficient (Wildman–Crippen LogP) is 2.52. The summed E-state index contributed by atoms with van der Waals surface area (Å²) in [5.41, 5.74) is -0.480. The third-order valence-electron chi connectivity index (χ3n) is 1.63. The van der Waals surface area contributed by atoms with E-state index in [1.165, 1.54) is 0 Å². The van der Waals surface area contributed by atoms with Crippen LogP contribution >= 0.6 is 23.2 Å². The third kappa shape index (κ3) is 2.27. The molecule has 0 bridgehead atoms. The van der Waals surface area contributed by atoms with E-state index in [9.17, 15) is 4.79 Å². The highest BCUT2D eigenvalue weighted by molar-refractivity contribution is 6.51. The first kappa shape index (κ1) is 10.1. The summed E-state index contributed by atoms with van der Waals surface area (Å²) < 4.78 is 4.21. The number of alkyl halides is 2. The van der Waals surface area contributed by atoms with Crippen molar-refractivity contribution >= 4 is 29.2 Å². The van der Waals surface area contributed by atoms with Crippen LogP contribution in [0.5, 0.6) is 0 Å². The second kappa shape index (κ2) is 2.78. The number of hydrogen-bond acceptors (Lipinski definition) is 2. The summed E-state index contributed by atoms with van der Waals surface area (Å²) in [6, 6.07) is 0. The van der Waals surface area contributed by atoms with E-state index in [4.69, 9.17) is 27.9 Å². The molecule has 1 saturated carbocycles. The minimum absolute atomic E-state index is 0.254. The van der Waals surface area contributed by atoms with Gasteiger partial charge in [0.1, 0.15) is 6.10 Å². The SMILES string of the molecule is CC(C)(C)C(=O)OC1CC1(Cl)Cl. The molecule has 1 aliphatic rings. The Bertz CT molecular complexity index is 206. The molecule has 0 amide bonds. The minimum Gasteiger partial charge on any atom is -0.459 e. The molecule has 1 rings (SSSR count). The molecule has 0 aromatic rings. The molecule has 0 aliphatic heterocycles. The maximum Gasteiger partial charge on any atom is 0.311 e. The number of rotatable bonds is 1. The van der Waals surface area contributed by atoms with Crippen LogP contribution < -0.4 is 0 Å². The number of halogens is 2. The van der Waals surface area contributed by atoms with Crippen molar-refractivity contribution in [3.63, 3.8) is 0 Å². The van der Waals surface area contributed by atoms with Gasteiger partial charge < -0.3 is 4.74 Å². The lowest BCUT2D eigenvalue weighted by Crippen LogP contribution is -2.25. The van der Waals surface area contributed by atoms with Gasteiger partial charge >= 0.3 is 5.97 Å². The lowest BCUT2D eigenvalue weighted by Gasteiger charge is -2.16. The van der Waals surface area contributed by atoms with Crippen molar-refractivity contribution in [1.82, 2.24) is 0 Å². The quantitative estimate of drug-likeness (QED) is 0.492. The fraction of sp³-hybridized carbons (Fsp3) is 0.875. The van der Waals surface area contributed by atoms with Crippen LogP contribution in [-0.2, 0) is 9.53 Å². The average Bonchev–Trinajstić information content (AvgIpc) is 2.36. The Morgan fingerprint density at radius 1 is 1.50 bits per heavy atom. The molecule has 1 atom stereocenters. The topological polar surface area (TPSA) is 26.3 Å². The number of hydrogen-bond donors (Lipinski definition) is 0. The van der Waals surface area contributed by atoms with E-state index in [1.54, 1.807) is 20.8 Å². The van der Waals surface area contributed by atoms with Gasteiger partial charge in [-0.1, -0.05) is 23.2 Å². The standard InChI is InChI=1S/C8H12Cl2O2/c1-7(2,3)6(11)12-5-4-8(5,9)10/h5H,4H2,1-3H3. The van der Waals surface area contributed by atoms with E-state index >= 15 is 0 Å². The van der Waals surface area contributed by atoms with Crippen molar-refractivity contribution in [3.05, 3.63) is 0 Å². The van der Waals surface area contributed by atoms with Crippen LogP contribution in [0.2, 0.25) is 0 Å². The highest BCUT2D eigenvalue weighted by Gasteiger charge is 2.55.